The van der Waals surface area contributed by atoms with Crippen LogP contribution in [-0.4, -0.2) is 53.7 Å². The maximum Gasteiger partial charge on any atom is 0.317 e. The number of carbonyl (C=O) groups is 1. The molecule has 24 heavy (non-hydrogen) atoms. The second-order valence-electron chi connectivity index (χ2n) is 6.03. The Morgan fingerprint density at radius 3 is 2.79 bits per heavy atom. The molecule has 2 amide bonds. The molecule has 0 spiro atoms. The minimum Gasteiger partial charge on any atom is -0.334 e. The number of hydrogen-bond acceptors (Lipinski definition) is 4. The molecule has 128 valence electrons. The smallest absolute Gasteiger partial charge is 0.317 e. The van der Waals surface area contributed by atoms with Gasteiger partial charge in [0.1, 0.15) is 0 Å². The fourth-order valence-corrected chi connectivity index (χ4v) is 4.38. The molecule has 1 fully saturated rings. The Kier molecular flexibility index (Phi) is 4.57. The molecule has 1 N–H and O–H groups in total. The number of urea groups is 1. The Morgan fingerprint density at radius 2 is 2.12 bits per heavy atom. The SMILES string of the molecule is CN(Cc1cnn(-c2ccccc2)c1)C(=O)N[C@@H]1CCS(=O)(=O)C1. The lowest BCUT2D eigenvalue weighted by atomic mass is 10.3. The first-order valence-corrected chi connectivity index (χ1v) is 9.56. The van der Waals surface area contributed by atoms with Crippen molar-refractivity contribution in [2.45, 2.75) is 19.0 Å². The minimum absolute atomic E-state index is 0.0263. The second-order valence-corrected chi connectivity index (χ2v) is 8.26. The van der Waals surface area contributed by atoms with Crippen molar-refractivity contribution >= 4 is 15.9 Å². The fraction of sp³-hybridized carbons (Fsp3) is 0.375. The van der Waals surface area contributed by atoms with E-state index >= 15 is 0 Å². The highest BCUT2D eigenvalue weighted by atomic mass is 32.2. The highest BCUT2D eigenvalue weighted by Crippen LogP contribution is 2.12. The maximum atomic E-state index is 12.2. The Balaban J connectivity index is 1.58. The first-order valence-electron chi connectivity index (χ1n) is 7.74. The van der Waals surface area contributed by atoms with Crippen molar-refractivity contribution in [3.63, 3.8) is 0 Å². The van der Waals surface area contributed by atoms with Crippen molar-refractivity contribution < 1.29 is 13.2 Å². The summed E-state index contributed by atoms with van der Waals surface area (Å²) in [7, 11) is -1.32. The molecule has 1 aromatic heterocycles. The van der Waals surface area contributed by atoms with Crippen molar-refractivity contribution in [1.82, 2.24) is 20.0 Å². The van der Waals surface area contributed by atoms with Crippen LogP contribution in [0.25, 0.3) is 5.69 Å². The molecule has 0 radical (unpaired) electrons. The van der Waals surface area contributed by atoms with Crippen molar-refractivity contribution in [3.8, 4) is 5.69 Å². The van der Waals surface area contributed by atoms with E-state index in [2.05, 4.69) is 10.4 Å². The van der Waals surface area contributed by atoms with Gasteiger partial charge in [-0.15, -0.1) is 0 Å². The van der Waals surface area contributed by atoms with Crippen molar-refractivity contribution in [3.05, 3.63) is 48.3 Å². The van der Waals surface area contributed by atoms with E-state index in [1.165, 1.54) is 4.90 Å². The number of benzene rings is 1. The van der Waals surface area contributed by atoms with Crippen LogP contribution in [0.4, 0.5) is 4.79 Å². The Labute approximate surface area is 141 Å². The summed E-state index contributed by atoms with van der Waals surface area (Å²) in [5.74, 6) is 0.171. The van der Waals surface area contributed by atoms with Crippen LogP contribution < -0.4 is 5.32 Å². The van der Waals surface area contributed by atoms with Crippen molar-refractivity contribution in [1.29, 1.82) is 0 Å². The van der Waals surface area contributed by atoms with Gasteiger partial charge < -0.3 is 10.2 Å². The highest BCUT2D eigenvalue weighted by molar-refractivity contribution is 7.91. The van der Waals surface area contributed by atoms with Crippen LogP contribution in [0.15, 0.2) is 42.7 Å². The van der Waals surface area contributed by atoms with Crippen molar-refractivity contribution in [2.24, 2.45) is 0 Å². The number of nitrogens with one attached hydrogen (secondary N) is 1. The zero-order valence-corrected chi connectivity index (χ0v) is 14.2. The third-order valence-electron chi connectivity index (χ3n) is 3.98. The Bertz CT molecular complexity index is 817. The molecule has 0 bridgehead atoms. The summed E-state index contributed by atoms with van der Waals surface area (Å²) in [5.41, 5.74) is 1.85. The van der Waals surface area contributed by atoms with Crippen LogP contribution in [0.5, 0.6) is 0 Å². The van der Waals surface area contributed by atoms with Gasteiger partial charge in [0.15, 0.2) is 9.84 Å². The van der Waals surface area contributed by atoms with Crippen LogP contribution >= 0.6 is 0 Å². The van der Waals surface area contributed by atoms with Gasteiger partial charge in [0.05, 0.1) is 29.9 Å². The summed E-state index contributed by atoms with van der Waals surface area (Å²) in [6.45, 7) is 0.401. The molecule has 2 heterocycles. The van der Waals surface area contributed by atoms with Gasteiger partial charge in [-0.05, 0) is 18.6 Å². The molecule has 0 saturated carbocycles. The van der Waals surface area contributed by atoms with Gasteiger partial charge in [-0.2, -0.15) is 5.10 Å². The fourth-order valence-electron chi connectivity index (χ4n) is 2.70. The lowest BCUT2D eigenvalue weighted by molar-refractivity contribution is 0.203. The zero-order chi connectivity index (χ0) is 17.2. The van der Waals surface area contributed by atoms with Gasteiger partial charge in [0.2, 0.25) is 0 Å². The summed E-state index contributed by atoms with van der Waals surface area (Å²) in [6.07, 6.45) is 4.07. The number of nitrogens with zero attached hydrogens (tertiary/aromatic N) is 3. The van der Waals surface area contributed by atoms with Gasteiger partial charge in [-0.25, -0.2) is 17.9 Å². The number of aromatic nitrogens is 2. The number of hydrogen-bond donors (Lipinski definition) is 1. The standard InChI is InChI=1S/C16H20N4O3S/c1-19(16(21)18-14-7-8-24(22,23)12-14)10-13-9-17-20(11-13)15-5-3-2-4-6-15/h2-6,9,11,14H,7-8,10,12H2,1H3,(H,18,21)/t14-/m1/s1. The number of amides is 2. The molecule has 1 aliphatic rings. The minimum atomic E-state index is -3.00. The topological polar surface area (TPSA) is 84.3 Å². The first kappa shape index (κ1) is 16.5. The largest absolute Gasteiger partial charge is 0.334 e. The molecule has 1 saturated heterocycles. The van der Waals surface area contributed by atoms with E-state index in [1.54, 1.807) is 17.9 Å². The average molecular weight is 348 g/mol. The van der Waals surface area contributed by atoms with Crippen LogP contribution in [0.1, 0.15) is 12.0 Å². The van der Waals surface area contributed by atoms with E-state index in [9.17, 15) is 13.2 Å². The van der Waals surface area contributed by atoms with Crippen LogP contribution in [-0.2, 0) is 16.4 Å². The number of carbonyl (C=O) groups excluding carboxylic acids is 1. The third kappa shape index (κ3) is 3.94. The molecule has 7 nitrogen and oxygen atoms in total. The monoisotopic (exact) mass is 348 g/mol. The zero-order valence-electron chi connectivity index (χ0n) is 13.4. The molecule has 3 rings (SSSR count). The van der Waals surface area contributed by atoms with Gasteiger partial charge in [0.25, 0.3) is 0 Å². The number of para-hydroxylation sites is 1. The molecule has 1 atom stereocenters. The summed E-state index contributed by atoms with van der Waals surface area (Å²) in [4.78, 5) is 13.7. The van der Waals surface area contributed by atoms with Gasteiger partial charge in [-0.1, -0.05) is 18.2 Å². The lowest BCUT2D eigenvalue weighted by Crippen LogP contribution is -2.43. The van der Waals surface area contributed by atoms with E-state index in [4.69, 9.17) is 0 Å². The molecular weight excluding hydrogens is 328 g/mol. The van der Waals surface area contributed by atoms with Crippen LogP contribution in [0, 0.1) is 0 Å². The van der Waals surface area contributed by atoms with E-state index < -0.39 is 9.84 Å². The van der Waals surface area contributed by atoms with Crippen molar-refractivity contribution in [2.75, 3.05) is 18.6 Å². The number of rotatable bonds is 4. The van der Waals surface area contributed by atoms with E-state index in [0.29, 0.717) is 13.0 Å². The quantitative estimate of drug-likeness (QED) is 0.900. The Hall–Kier alpha value is -2.35. The molecule has 0 unspecified atom stereocenters. The van der Waals surface area contributed by atoms with E-state index in [0.717, 1.165) is 11.3 Å². The van der Waals surface area contributed by atoms with Crippen LogP contribution in [0.3, 0.4) is 0 Å². The van der Waals surface area contributed by atoms with Gasteiger partial charge in [-0.3, -0.25) is 0 Å². The normalized spacial score (nSPS) is 19.1. The molecular formula is C16H20N4O3S. The summed E-state index contributed by atoms with van der Waals surface area (Å²) >= 11 is 0. The summed E-state index contributed by atoms with van der Waals surface area (Å²) in [5, 5.41) is 7.07. The second kappa shape index (κ2) is 6.64. The molecule has 1 aliphatic heterocycles. The molecule has 2 aromatic rings. The predicted octanol–water partition coefficient (Wildman–Crippen LogP) is 1.20. The lowest BCUT2D eigenvalue weighted by Gasteiger charge is -2.19. The van der Waals surface area contributed by atoms with Crippen LogP contribution in [0.2, 0.25) is 0 Å². The molecule has 0 aliphatic carbocycles. The summed E-state index contributed by atoms with van der Waals surface area (Å²) in [6, 6.07) is 9.15. The summed E-state index contributed by atoms with van der Waals surface area (Å²) < 4.78 is 24.6. The van der Waals surface area contributed by atoms with E-state index in [1.807, 2.05) is 36.5 Å². The average Bonchev–Trinajstić information content (AvgIpc) is 3.14. The third-order valence-corrected chi connectivity index (χ3v) is 5.75. The highest BCUT2D eigenvalue weighted by Gasteiger charge is 2.29. The Morgan fingerprint density at radius 1 is 1.38 bits per heavy atom. The van der Waals surface area contributed by atoms with E-state index in [-0.39, 0.29) is 23.6 Å². The molecule has 8 heteroatoms. The van der Waals surface area contributed by atoms with Gasteiger partial charge >= 0.3 is 6.03 Å². The predicted molar refractivity (Wildman–Crippen MR) is 90.6 cm³/mol. The van der Waals surface area contributed by atoms with Gasteiger partial charge in [0, 0.05) is 24.8 Å². The molecule has 1 aromatic carbocycles. The number of sulfone groups is 1. The maximum absolute atomic E-state index is 12.2. The first-order chi connectivity index (χ1) is 11.4.